The van der Waals surface area contributed by atoms with Crippen LogP contribution in [0.4, 0.5) is 0 Å². The molecule has 1 saturated heterocycles. The molecule has 0 bridgehead atoms. The highest BCUT2D eigenvalue weighted by Crippen LogP contribution is 2.41. The first-order valence-corrected chi connectivity index (χ1v) is 10.4. The molecule has 0 radical (unpaired) electrons. The lowest BCUT2D eigenvalue weighted by Crippen LogP contribution is -2.35. The number of likely N-dealkylation sites (tertiary alicyclic amines) is 1. The number of carbonyl (C=O) groups excluding carboxylic acids is 2. The predicted octanol–water partition coefficient (Wildman–Crippen LogP) is 4.29. The number of methoxy groups -OCH3 is 1. The number of aryl methyl sites for hydroxylation is 1. The SMILES string of the molecule is COc1c(Cl)cc(/C(O)=C2\C(=O)C(=O)N(CCN(C)C)C2c2cccc(C)c2)cc1Cl. The van der Waals surface area contributed by atoms with Crippen LogP contribution in [0, 0.1) is 6.92 Å². The molecule has 1 aliphatic rings. The van der Waals surface area contributed by atoms with Gasteiger partial charge in [-0.15, -0.1) is 0 Å². The maximum absolute atomic E-state index is 13.0. The largest absolute Gasteiger partial charge is 0.507 e. The van der Waals surface area contributed by atoms with Gasteiger partial charge in [-0.3, -0.25) is 9.59 Å². The van der Waals surface area contributed by atoms with Crippen molar-refractivity contribution < 1.29 is 19.4 Å². The molecule has 1 N–H and O–H groups in total. The summed E-state index contributed by atoms with van der Waals surface area (Å²) >= 11 is 12.5. The van der Waals surface area contributed by atoms with Crippen molar-refractivity contribution in [2.45, 2.75) is 13.0 Å². The highest BCUT2D eigenvalue weighted by atomic mass is 35.5. The third-order valence-electron chi connectivity index (χ3n) is 5.16. The zero-order chi connectivity index (χ0) is 22.9. The second-order valence-electron chi connectivity index (χ2n) is 7.68. The fraction of sp³-hybridized carbons (Fsp3) is 0.304. The first-order valence-electron chi connectivity index (χ1n) is 9.68. The van der Waals surface area contributed by atoms with Gasteiger partial charge in [0.25, 0.3) is 11.7 Å². The smallest absolute Gasteiger partial charge is 0.295 e. The van der Waals surface area contributed by atoms with E-state index >= 15 is 0 Å². The van der Waals surface area contributed by atoms with Crippen LogP contribution in [0.15, 0.2) is 42.0 Å². The molecule has 8 heteroatoms. The number of hydrogen-bond donors (Lipinski definition) is 1. The molecular weight excluding hydrogens is 439 g/mol. The Bertz CT molecular complexity index is 1040. The van der Waals surface area contributed by atoms with Gasteiger partial charge < -0.3 is 19.6 Å². The van der Waals surface area contributed by atoms with Gasteiger partial charge in [-0.2, -0.15) is 0 Å². The molecular formula is C23H24Cl2N2O4. The van der Waals surface area contributed by atoms with Gasteiger partial charge in [0, 0.05) is 18.7 Å². The van der Waals surface area contributed by atoms with Gasteiger partial charge in [-0.1, -0.05) is 53.0 Å². The zero-order valence-electron chi connectivity index (χ0n) is 17.8. The van der Waals surface area contributed by atoms with E-state index < -0.39 is 17.7 Å². The number of aliphatic hydroxyl groups is 1. The summed E-state index contributed by atoms with van der Waals surface area (Å²) in [6.45, 7) is 2.82. The van der Waals surface area contributed by atoms with Crippen molar-refractivity contribution in [1.29, 1.82) is 0 Å². The maximum atomic E-state index is 13.0. The van der Waals surface area contributed by atoms with Gasteiger partial charge >= 0.3 is 0 Å². The van der Waals surface area contributed by atoms with Gasteiger partial charge in [0.05, 0.1) is 28.8 Å². The molecule has 0 aliphatic carbocycles. The minimum absolute atomic E-state index is 0.00616. The molecule has 1 heterocycles. The number of ketones is 1. The van der Waals surface area contributed by atoms with Crippen LogP contribution in [0.2, 0.25) is 10.0 Å². The summed E-state index contributed by atoms with van der Waals surface area (Å²) < 4.78 is 5.15. The highest BCUT2D eigenvalue weighted by molar-refractivity contribution is 6.46. The highest BCUT2D eigenvalue weighted by Gasteiger charge is 2.46. The topological polar surface area (TPSA) is 70.1 Å². The van der Waals surface area contributed by atoms with Gasteiger partial charge in [-0.05, 0) is 38.7 Å². The lowest BCUT2D eigenvalue weighted by Gasteiger charge is -2.26. The fourth-order valence-corrected chi connectivity index (χ4v) is 4.29. The molecule has 3 rings (SSSR count). The summed E-state index contributed by atoms with van der Waals surface area (Å²) in [5.41, 5.74) is 1.96. The number of amides is 1. The van der Waals surface area contributed by atoms with Crippen molar-refractivity contribution >= 4 is 40.7 Å². The van der Waals surface area contributed by atoms with E-state index in [-0.39, 0.29) is 32.7 Å². The van der Waals surface area contributed by atoms with Crippen LogP contribution >= 0.6 is 23.2 Å². The normalized spacial score (nSPS) is 18.2. The molecule has 2 aromatic carbocycles. The van der Waals surface area contributed by atoms with Crippen LogP contribution < -0.4 is 4.74 Å². The number of benzene rings is 2. The molecule has 164 valence electrons. The zero-order valence-corrected chi connectivity index (χ0v) is 19.3. The van der Waals surface area contributed by atoms with E-state index in [9.17, 15) is 14.7 Å². The third-order valence-corrected chi connectivity index (χ3v) is 5.72. The third kappa shape index (κ3) is 4.56. The summed E-state index contributed by atoms with van der Waals surface area (Å²) in [6, 6.07) is 9.73. The van der Waals surface area contributed by atoms with E-state index in [0.717, 1.165) is 11.1 Å². The molecule has 1 aliphatic heterocycles. The number of rotatable bonds is 6. The Labute approximate surface area is 191 Å². The van der Waals surface area contributed by atoms with E-state index in [4.69, 9.17) is 27.9 Å². The molecule has 1 amide bonds. The number of carbonyl (C=O) groups is 2. The average Bonchev–Trinajstić information content (AvgIpc) is 2.96. The number of nitrogens with zero attached hydrogens (tertiary/aromatic N) is 2. The minimum atomic E-state index is -0.745. The van der Waals surface area contributed by atoms with E-state index in [1.807, 2.05) is 50.2 Å². The molecule has 0 saturated carbocycles. The molecule has 1 unspecified atom stereocenters. The fourth-order valence-electron chi connectivity index (χ4n) is 3.65. The number of ether oxygens (including phenoxy) is 1. The Kier molecular flexibility index (Phi) is 6.94. The number of Topliss-reactive ketones (excluding diaryl/α,β-unsaturated/α-hetero) is 1. The van der Waals surface area contributed by atoms with Crippen LogP contribution in [0.1, 0.15) is 22.7 Å². The minimum Gasteiger partial charge on any atom is -0.507 e. The Morgan fingerprint density at radius 3 is 2.35 bits per heavy atom. The van der Waals surface area contributed by atoms with Crippen LogP contribution in [-0.2, 0) is 9.59 Å². The second kappa shape index (κ2) is 9.30. The quantitative estimate of drug-likeness (QED) is 0.393. The first kappa shape index (κ1) is 23.1. The number of halogens is 2. The molecule has 2 aromatic rings. The van der Waals surface area contributed by atoms with Crippen LogP contribution in [0.3, 0.4) is 0 Å². The summed E-state index contributed by atoms with van der Waals surface area (Å²) in [6.07, 6.45) is 0. The number of hydrogen-bond acceptors (Lipinski definition) is 5. The summed E-state index contributed by atoms with van der Waals surface area (Å²) in [5, 5.41) is 11.5. The second-order valence-corrected chi connectivity index (χ2v) is 8.50. The number of aliphatic hydroxyl groups excluding tert-OH is 1. The summed E-state index contributed by atoms with van der Waals surface area (Å²) in [4.78, 5) is 29.4. The monoisotopic (exact) mass is 462 g/mol. The Hall–Kier alpha value is -2.54. The molecule has 1 atom stereocenters. The van der Waals surface area contributed by atoms with E-state index in [0.29, 0.717) is 13.1 Å². The average molecular weight is 463 g/mol. The predicted molar refractivity (Wildman–Crippen MR) is 122 cm³/mol. The number of likely N-dealkylation sites (N-methyl/N-ethyl adjacent to an activating group) is 1. The Morgan fingerprint density at radius 2 is 1.81 bits per heavy atom. The maximum Gasteiger partial charge on any atom is 0.295 e. The lowest BCUT2D eigenvalue weighted by atomic mass is 9.94. The Morgan fingerprint density at radius 1 is 1.16 bits per heavy atom. The molecule has 0 spiro atoms. The van der Waals surface area contributed by atoms with Crippen LogP contribution in [0.25, 0.3) is 5.76 Å². The van der Waals surface area contributed by atoms with Gasteiger partial charge in [0.15, 0.2) is 5.75 Å². The molecule has 0 aromatic heterocycles. The van der Waals surface area contributed by atoms with Gasteiger partial charge in [-0.25, -0.2) is 0 Å². The van der Waals surface area contributed by atoms with Crippen molar-refractivity contribution in [3.05, 3.63) is 68.7 Å². The van der Waals surface area contributed by atoms with E-state index in [2.05, 4.69) is 0 Å². The van der Waals surface area contributed by atoms with Crippen molar-refractivity contribution in [1.82, 2.24) is 9.80 Å². The first-order chi connectivity index (χ1) is 14.6. The lowest BCUT2D eigenvalue weighted by molar-refractivity contribution is -0.140. The van der Waals surface area contributed by atoms with Crippen LogP contribution in [0.5, 0.6) is 5.75 Å². The van der Waals surface area contributed by atoms with Gasteiger partial charge in [0.1, 0.15) is 5.76 Å². The van der Waals surface area contributed by atoms with E-state index in [1.165, 1.54) is 24.1 Å². The molecule has 1 fully saturated rings. The standard InChI is InChI=1S/C23H24Cl2N2O4/c1-13-6-5-7-14(10-13)19-18(21(29)23(30)27(19)9-8-26(2)3)20(28)15-11-16(24)22(31-4)17(25)12-15/h5-7,10-12,19,28H,8-9H2,1-4H3/b20-18+. The van der Waals surface area contributed by atoms with E-state index in [1.54, 1.807) is 0 Å². The van der Waals surface area contributed by atoms with Crippen molar-refractivity contribution in [3.8, 4) is 5.75 Å². The Balaban J connectivity index is 2.19. The van der Waals surface area contributed by atoms with Crippen molar-refractivity contribution in [2.24, 2.45) is 0 Å². The molecule has 31 heavy (non-hydrogen) atoms. The summed E-state index contributed by atoms with van der Waals surface area (Å²) in [5.74, 6) is -1.46. The van der Waals surface area contributed by atoms with Crippen molar-refractivity contribution in [3.63, 3.8) is 0 Å². The van der Waals surface area contributed by atoms with Gasteiger partial charge in [0.2, 0.25) is 0 Å². The van der Waals surface area contributed by atoms with Crippen molar-refractivity contribution in [2.75, 3.05) is 34.3 Å². The van der Waals surface area contributed by atoms with Crippen LogP contribution in [-0.4, -0.2) is 60.9 Å². The molecule has 6 nitrogen and oxygen atoms in total. The summed E-state index contributed by atoms with van der Waals surface area (Å²) in [7, 11) is 5.21.